The van der Waals surface area contributed by atoms with Gasteiger partial charge >= 0.3 is 0 Å². The first-order valence-corrected chi connectivity index (χ1v) is 6.15. The molecule has 0 bridgehead atoms. The van der Waals surface area contributed by atoms with Crippen LogP contribution in [0.15, 0.2) is 18.2 Å². The molecule has 16 heavy (non-hydrogen) atoms. The van der Waals surface area contributed by atoms with Crippen molar-refractivity contribution < 1.29 is 0 Å². The summed E-state index contributed by atoms with van der Waals surface area (Å²) in [5.41, 5.74) is 9.76. The van der Waals surface area contributed by atoms with E-state index in [0.717, 1.165) is 29.9 Å². The third kappa shape index (κ3) is 1.53. The third-order valence-corrected chi connectivity index (χ3v) is 3.82. The van der Waals surface area contributed by atoms with E-state index in [0.29, 0.717) is 5.92 Å². The second-order valence-electron chi connectivity index (χ2n) is 4.62. The zero-order valence-electron chi connectivity index (χ0n) is 9.09. The summed E-state index contributed by atoms with van der Waals surface area (Å²) in [6, 6.07) is 6.09. The van der Waals surface area contributed by atoms with Crippen LogP contribution in [0.3, 0.4) is 0 Å². The van der Waals surface area contributed by atoms with Gasteiger partial charge in [0.25, 0.3) is 0 Å². The van der Waals surface area contributed by atoms with E-state index in [9.17, 15) is 0 Å². The van der Waals surface area contributed by atoms with Gasteiger partial charge in [0.15, 0.2) is 0 Å². The van der Waals surface area contributed by atoms with E-state index in [1.165, 1.54) is 23.1 Å². The number of halogens is 1. The fraction of sp³-hybridized carbons (Fsp3) is 0.385. The molecule has 2 nitrogen and oxygen atoms in total. The highest BCUT2D eigenvalue weighted by molar-refractivity contribution is 6.31. The van der Waals surface area contributed by atoms with E-state index in [2.05, 4.69) is 11.1 Å². The van der Waals surface area contributed by atoms with Crippen molar-refractivity contribution in [2.45, 2.75) is 19.3 Å². The van der Waals surface area contributed by atoms with Gasteiger partial charge in [0.2, 0.25) is 0 Å². The molecule has 1 atom stereocenters. The highest BCUT2D eigenvalue weighted by atomic mass is 35.5. The van der Waals surface area contributed by atoms with E-state index in [1.54, 1.807) is 0 Å². The molecule has 3 N–H and O–H groups in total. The van der Waals surface area contributed by atoms with Crippen LogP contribution in [0.5, 0.6) is 0 Å². The second kappa shape index (κ2) is 3.79. The molecule has 0 radical (unpaired) electrons. The topological polar surface area (TPSA) is 41.8 Å². The summed E-state index contributed by atoms with van der Waals surface area (Å²) in [5, 5.41) is 2.11. The summed E-state index contributed by atoms with van der Waals surface area (Å²) in [4.78, 5) is 3.48. The minimum absolute atomic E-state index is 0.641. The molecule has 0 saturated carbocycles. The molecule has 1 aromatic carbocycles. The molecule has 1 aliphatic carbocycles. The predicted octanol–water partition coefficient (Wildman–Crippen LogP) is 2.88. The van der Waals surface area contributed by atoms with Gasteiger partial charge in [0, 0.05) is 21.6 Å². The van der Waals surface area contributed by atoms with E-state index >= 15 is 0 Å². The van der Waals surface area contributed by atoms with Crippen LogP contribution in [0.4, 0.5) is 0 Å². The first kappa shape index (κ1) is 10.2. The quantitative estimate of drug-likeness (QED) is 0.783. The van der Waals surface area contributed by atoms with Gasteiger partial charge in [0.1, 0.15) is 0 Å². The normalized spacial score (nSPS) is 20.0. The van der Waals surface area contributed by atoms with Gasteiger partial charge in [-0.3, -0.25) is 0 Å². The number of aromatic nitrogens is 1. The summed E-state index contributed by atoms with van der Waals surface area (Å²) in [7, 11) is 0. The average Bonchev–Trinajstić information content (AvgIpc) is 2.65. The summed E-state index contributed by atoms with van der Waals surface area (Å²) < 4.78 is 0. The lowest BCUT2D eigenvalue weighted by Crippen LogP contribution is -2.21. The number of benzene rings is 1. The fourth-order valence-corrected chi connectivity index (χ4v) is 2.84. The Morgan fingerprint density at radius 3 is 3.12 bits per heavy atom. The molecule has 2 aromatic rings. The van der Waals surface area contributed by atoms with Gasteiger partial charge in [-0.15, -0.1) is 0 Å². The number of hydrogen-bond acceptors (Lipinski definition) is 1. The molecule has 0 saturated heterocycles. The predicted molar refractivity (Wildman–Crippen MR) is 67.9 cm³/mol. The minimum Gasteiger partial charge on any atom is -0.358 e. The Hall–Kier alpha value is -0.990. The summed E-state index contributed by atoms with van der Waals surface area (Å²) >= 11 is 6.00. The van der Waals surface area contributed by atoms with Crippen LogP contribution in [-0.4, -0.2) is 11.5 Å². The first-order chi connectivity index (χ1) is 7.78. The lowest BCUT2D eigenvalue weighted by molar-refractivity contribution is 0.468. The van der Waals surface area contributed by atoms with Gasteiger partial charge in [-0.2, -0.15) is 0 Å². The number of rotatable bonds is 1. The number of H-pyrrole nitrogens is 1. The van der Waals surface area contributed by atoms with Crippen molar-refractivity contribution in [1.82, 2.24) is 4.98 Å². The Morgan fingerprint density at radius 2 is 2.31 bits per heavy atom. The van der Waals surface area contributed by atoms with Crippen molar-refractivity contribution in [3.05, 3.63) is 34.5 Å². The monoisotopic (exact) mass is 234 g/mol. The number of nitrogens with one attached hydrogen (secondary N) is 1. The lowest BCUT2D eigenvalue weighted by Gasteiger charge is -2.20. The number of hydrogen-bond donors (Lipinski definition) is 2. The van der Waals surface area contributed by atoms with Crippen molar-refractivity contribution in [3.8, 4) is 0 Å². The van der Waals surface area contributed by atoms with E-state index in [4.69, 9.17) is 17.3 Å². The SMILES string of the molecule is NCC1CCc2[nH]c3cc(Cl)ccc3c2C1. The summed E-state index contributed by atoms with van der Waals surface area (Å²) in [5.74, 6) is 0.641. The molecule has 1 heterocycles. The van der Waals surface area contributed by atoms with Crippen molar-refractivity contribution in [2.75, 3.05) is 6.54 Å². The van der Waals surface area contributed by atoms with Crippen LogP contribution >= 0.6 is 11.6 Å². The molecule has 0 amide bonds. The fourth-order valence-electron chi connectivity index (χ4n) is 2.67. The highest BCUT2D eigenvalue weighted by Gasteiger charge is 2.21. The van der Waals surface area contributed by atoms with Crippen molar-refractivity contribution >= 4 is 22.5 Å². The Labute approximate surface area is 99.8 Å². The highest BCUT2D eigenvalue weighted by Crippen LogP contribution is 2.32. The number of aromatic amines is 1. The number of aryl methyl sites for hydroxylation is 1. The van der Waals surface area contributed by atoms with Crippen LogP contribution in [0.1, 0.15) is 17.7 Å². The largest absolute Gasteiger partial charge is 0.358 e. The van der Waals surface area contributed by atoms with Crippen LogP contribution in [0.25, 0.3) is 10.9 Å². The van der Waals surface area contributed by atoms with Crippen molar-refractivity contribution in [1.29, 1.82) is 0 Å². The van der Waals surface area contributed by atoms with Crippen molar-refractivity contribution in [2.24, 2.45) is 11.7 Å². The summed E-state index contributed by atoms with van der Waals surface area (Å²) in [6.45, 7) is 0.791. The van der Waals surface area contributed by atoms with Gasteiger partial charge in [-0.05, 0) is 49.4 Å². The Balaban J connectivity index is 2.14. The van der Waals surface area contributed by atoms with Gasteiger partial charge in [-0.1, -0.05) is 17.7 Å². The lowest BCUT2D eigenvalue weighted by atomic mass is 9.86. The van der Waals surface area contributed by atoms with Crippen LogP contribution in [-0.2, 0) is 12.8 Å². The number of fused-ring (bicyclic) bond motifs is 3. The minimum atomic E-state index is 0.641. The molecule has 1 aromatic heterocycles. The maximum atomic E-state index is 6.00. The van der Waals surface area contributed by atoms with Crippen molar-refractivity contribution in [3.63, 3.8) is 0 Å². The molecule has 0 fully saturated rings. The molecule has 3 rings (SSSR count). The zero-order valence-corrected chi connectivity index (χ0v) is 9.85. The second-order valence-corrected chi connectivity index (χ2v) is 5.05. The maximum absolute atomic E-state index is 6.00. The van der Waals surface area contributed by atoms with E-state index < -0.39 is 0 Å². The Bertz CT molecular complexity index is 530. The van der Waals surface area contributed by atoms with Crippen LogP contribution in [0, 0.1) is 5.92 Å². The summed E-state index contributed by atoms with van der Waals surface area (Å²) in [6.07, 6.45) is 3.42. The van der Waals surface area contributed by atoms with Gasteiger partial charge < -0.3 is 10.7 Å². The van der Waals surface area contributed by atoms with E-state index in [1.807, 2.05) is 12.1 Å². The molecular weight excluding hydrogens is 220 g/mol. The molecule has 1 unspecified atom stereocenters. The zero-order chi connectivity index (χ0) is 11.1. The van der Waals surface area contributed by atoms with Gasteiger partial charge in [0.05, 0.1) is 0 Å². The molecule has 0 aliphatic heterocycles. The Kier molecular flexibility index (Phi) is 2.41. The molecule has 1 aliphatic rings. The number of nitrogens with two attached hydrogens (primary N) is 1. The van der Waals surface area contributed by atoms with E-state index in [-0.39, 0.29) is 0 Å². The third-order valence-electron chi connectivity index (χ3n) is 3.59. The standard InChI is InChI=1S/C13H15ClN2/c14-9-2-3-10-11-5-8(7-15)1-4-12(11)16-13(10)6-9/h2-3,6,8,16H,1,4-5,7,15H2. The van der Waals surface area contributed by atoms with Crippen LogP contribution < -0.4 is 5.73 Å². The molecule has 84 valence electrons. The first-order valence-electron chi connectivity index (χ1n) is 5.77. The molecule has 0 spiro atoms. The Morgan fingerprint density at radius 1 is 1.44 bits per heavy atom. The van der Waals surface area contributed by atoms with Crippen LogP contribution in [0.2, 0.25) is 5.02 Å². The maximum Gasteiger partial charge on any atom is 0.0473 e. The molecular formula is C13H15ClN2. The average molecular weight is 235 g/mol. The van der Waals surface area contributed by atoms with Gasteiger partial charge in [-0.25, -0.2) is 0 Å². The molecule has 3 heteroatoms. The smallest absolute Gasteiger partial charge is 0.0473 e.